The van der Waals surface area contributed by atoms with Crippen LogP contribution < -0.4 is 0 Å². The molecule has 0 N–H and O–H groups in total. The van der Waals surface area contributed by atoms with E-state index in [9.17, 15) is 4.79 Å². The van der Waals surface area contributed by atoms with Crippen LogP contribution in [0.15, 0.2) is 30.3 Å². The normalized spacial score (nSPS) is 10.8. The smallest absolute Gasteiger partial charge is 0.204 e. The summed E-state index contributed by atoms with van der Waals surface area (Å²) in [5.74, 6) is 0.630. The van der Waals surface area contributed by atoms with E-state index >= 15 is 0 Å². The van der Waals surface area contributed by atoms with Gasteiger partial charge in [0.2, 0.25) is 5.82 Å². The number of benzene rings is 1. The summed E-state index contributed by atoms with van der Waals surface area (Å²) in [5.41, 5.74) is 0.899. The van der Waals surface area contributed by atoms with Crippen molar-refractivity contribution in [1.29, 1.82) is 0 Å². The summed E-state index contributed by atoms with van der Waals surface area (Å²) < 4.78 is 0. The molecule has 17 heavy (non-hydrogen) atoms. The molecule has 0 fully saturated rings. The number of tetrazole rings is 1. The number of ketones is 1. The van der Waals surface area contributed by atoms with Crippen molar-refractivity contribution in [2.75, 3.05) is 0 Å². The number of aromatic nitrogens is 4. The first-order chi connectivity index (χ1) is 8.16. The Morgan fingerprint density at radius 2 is 2.00 bits per heavy atom. The van der Waals surface area contributed by atoms with Gasteiger partial charge in [-0.05, 0) is 5.21 Å². The quantitative estimate of drug-likeness (QED) is 0.799. The minimum Gasteiger partial charge on any atom is -0.297 e. The van der Waals surface area contributed by atoms with Gasteiger partial charge in [0.1, 0.15) is 6.54 Å². The van der Waals surface area contributed by atoms with Crippen LogP contribution in [0.2, 0.25) is 0 Å². The maximum absolute atomic E-state index is 11.5. The van der Waals surface area contributed by atoms with Crippen molar-refractivity contribution in [2.45, 2.75) is 20.4 Å². The Balaban J connectivity index is 2.14. The van der Waals surface area contributed by atoms with E-state index in [0.717, 1.165) is 5.56 Å². The average molecular weight is 230 g/mol. The summed E-state index contributed by atoms with van der Waals surface area (Å²) in [6, 6.07) is 9.57. The van der Waals surface area contributed by atoms with E-state index in [2.05, 4.69) is 15.4 Å². The topological polar surface area (TPSA) is 60.7 Å². The zero-order valence-corrected chi connectivity index (χ0v) is 9.87. The van der Waals surface area contributed by atoms with E-state index in [4.69, 9.17) is 0 Å². The Labute approximate surface area is 99.5 Å². The molecule has 2 aromatic rings. The van der Waals surface area contributed by atoms with Crippen LogP contribution in [-0.4, -0.2) is 26.0 Å². The minimum atomic E-state index is -0.0128. The highest BCUT2D eigenvalue weighted by Crippen LogP contribution is 2.11. The van der Waals surface area contributed by atoms with Crippen LogP contribution in [0.5, 0.6) is 0 Å². The molecule has 0 aliphatic heterocycles. The molecular weight excluding hydrogens is 216 g/mol. The van der Waals surface area contributed by atoms with Crippen molar-refractivity contribution in [3.05, 3.63) is 30.3 Å². The maximum atomic E-state index is 11.5. The second-order valence-electron chi connectivity index (χ2n) is 4.13. The lowest BCUT2D eigenvalue weighted by molar-refractivity contribution is -0.122. The van der Waals surface area contributed by atoms with Gasteiger partial charge in [-0.1, -0.05) is 44.2 Å². The second-order valence-corrected chi connectivity index (χ2v) is 4.13. The Kier molecular flexibility index (Phi) is 3.27. The molecule has 5 nitrogen and oxygen atoms in total. The molecule has 0 amide bonds. The second kappa shape index (κ2) is 4.86. The van der Waals surface area contributed by atoms with E-state index in [1.807, 2.05) is 44.2 Å². The van der Waals surface area contributed by atoms with Gasteiger partial charge in [0, 0.05) is 11.5 Å². The van der Waals surface area contributed by atoms with Crippen LogP contribution in [0.25, 0.3) is 11.4 Å². The standard InChI is InChI=1S/C12H14N4O/c1-9(2)11(17)8-16-14-12(13-15-16)10-6-4-3-5-7-10/h3-7,9H,8H2,1-2H3. The molecule has 88 valence electrons. The molecule has 0 aliphatic carbocycles. The van der Waals surface area contributed by atoms with Crippen LogP contribution in [0.3, 0.4) is 0 Å². The zero-order chi connectivity index (χ0) is 12.3. The van der Waals surface area contributed by atoms with Crippen molar-refractivity contribution in [3.63, 3.8) is 0 Å². The molecular formula is C12H14N4O. The first kappa shape index (κ1) is 11.4. The molecule has 0 radical (unpaired) electrons. The first-order valence-corrected chi connectivity index (χ1v) is 5.53. The van der Waals surface area contributed by atoms with Crippen LogP contribution in [0.1, 0.15) is 13.8 Å². The molecule has 1 aromatic carbocycles. The molecule has 0 spiro atoms. The Hall–Kier alpha value is -2.04. The van der Waals surface area contributed by atoms with Crippen LogP contribution in [0, 0.1) is 5.92 Å². The largest absolute Gasteiger partial charge is 0.297 e. The summed E-state index contributed by atoms with van der Waals surface area (Å²) in [7, 11) is 0. The van der Waals surface area contributed by atoms with Gasteiger partial charge in [0.05, 0.1) is 0 Å². The fraction of sp³-hybridized carbons (Fsp3) is 0.333. The minimum absolute atomic E-state index is 0.0128. The predicted octanol–water partition coefficient (Wildman–Crippen LogP) is 1.57. The number of carbonyl (C=O) groups excluding carboxylic acids is 1. The first-order valence-electron chi connectivity index (χ1n) is 5.53. The van der Waals surface area contributed by atoms with Gasteiger partial charge < -0.3 is 0 Å². The molecule has 1 heterocycles. The lowest BCUT2D eigenvalue weighted by Crippen LogP contribution is -2.17. The molecule has 0 saturated carbocycles. The van der Waals surface area contributed by atoms with E-state index in [1.54, 1.807) is 0 Å². The zero-order valence-electron chi connectivity index (χ0n) is 9.87. The maximum Gasteiger partial charge on any atom is 0.204 e. The van der Waals surface area contributed by atoms with Crippen molar-refractivity contribution in [3.8, 4) is 11.4 Å². The average Bonchev–Trinajstić information content (AvgIpc) is 2.78. The lowest BCUT2D eigenvalue weighted by atomic mass is 10.1. The van der Waals surface area contributed by atoms with Crippen LogP contribution in [0.4, 0.5) is 0 Å². The van der Waals surface area contributed by atoms with Gasteiger partial charge in [0.15, 0.2) is 5.78 Å². The van der Waals surface area contributed by atoms with Crippen molar-refractivity contribution < 1.29 is 4.79 Å². The third-order valence-electron chi connectivity index (χ3n) is 2.43. The van der Waals surface area contributed by atoms with Gasteiger partial charge >= 0.3 is 0 Å². The van der Waals surface area contributed by atoms with E-state index in [-0.39, 0.29) is 18.2 Å². The highest BCUT2D eigenvalue weighted by molar-refractivity contribution is 5.79. The van der Waals surface area contributed by atoms with Crippen LogP contribution in [-0.2, 0) is 11.3 Å². The third kappa shape index (κ3) is 2.75. The molecule has 5 heteroatoms. The van der Waals surface area contributed by atoms with Crippen molar-refractivity contribution in [2.24, 2.45) is 5.92 Å². The third-order valence-corrected chi connectivity index (χ3v) is 2.43. The SMILES string of the molecule is CC(C)C(=O)Cn1nnc(-c2ccccc2)n1. The lowest BCUT2D eigenvalue weighted by Gasteiger charge is -2.01. The fourth-order valence-electron chi connectivity index (χ4n) is 1.33. The van der Waals surface area contributed by atoms with Crippen LogP contribution >= 0.6 is 0 Å². The highest BCUT2D eigenvalue weighted by atomic mass is 16.1. The van der Waals surface area contributed by atoms with Gasteiger partial charge in [0.25, 0.3) is 0 Å². The molecule has 0 bridgehead atoms. The number of Topliss-reactive ketones (excluding diaryl/α,β-unsaturated/α-hetero) is 1. The molecule has 2 rings (SSSR count). The van der Waals surface area contributed by atoms with Gasteiger partial charge in [-0.25, -0.2) is 0 Å². The molecule has 0 saturated heterocycles. The summed E-state index contributed by atoms with van der Waals surface area (Å²) >= 11 is 0. The number of carbonyl (C=O) groups is 1. The molecule has 0 aliphatic rings. The molecule has 1 aromatic heterocycles. The number of rotatable bonds is 4. The summed E-state index contributed by atoms with van der Waals surface area (Å²) in [6.45, 7) is 3.90. The van der Waals surface area contributed by atoms with Gasteiger partial charge in [-0.3, -0.25) is 4.79 Å². The van der Waals surface area contributed by atoms with E-state index in [1.165, 1.54) is 4.80 Å². The summed E-state index contributed by atoms with van der Waals surface area (Å²) in [6.07, 6.45) is 0. The fourth-order valence-corrected chi connectivity index (χ4v) is 1.33. The van der Waals surface area contributed by atoms with Gasteiger partial charge in [-0.15, -0.1) is 10.2 Å². The Morgan fingerprint density at radius 3 is 2.65 bits per heavy atom. The molecule has 0 unspecified atom stereocenters. The Bertz CT molecular complexity index is 504. The van der Waals surface area contributed by atoms with E-state index in [0.29, 0.717) is 5.82 Å². The van der Waals surface area contributed by atoms with E-state index < -0.39 is 0 Å². The monoisotopic (exact) mass is 230 g/mol. The summed E-state index contributed by atoms with van der Waals surface area (Å²) in [5, 5.41) is 12.0. The molecule has 0 atom stereocenters. The van der Waals surface area contributed by atoms with Gasteiger partial charge in [-0.2, -0.15) is 4.80 Å². The number of nitrogens with zero attached hydrogens (tertiary/aromatic N) is 4. The highest BCUT2D eigenvalue weighted by Gasteiger charge is 2.11. The number of hydrogen-bond donors (Lipinski definition) is 0. The van der Waals surface area contributed by atoms with Crippen molar-refractivity contribution >= 4 is 5.78 Å². The Morgan fingerprint density at radius 1 is 1.29 bits per heavy atom. The summed E-state index contributed by atoms with van der Waals surface area (Å²) in [4.78, 5) is 12.9. The number of hydrogen-bond acceptors (Lipinski definition) is 4. The van der Waals surface area contributed by atoms with Crippen molar-refractivity contribution in [1.82, 2.24) is 20.2 Å². The predicted molar refractivity (Wildman–Crippen MR) is 63.1 cm³/mol.